The Bertz CT molecular complexity index is 376. The van der Waals surface area contributed by atoms with Gasteiger partial charge < -0.3 is 4.90 Å². The lowest BCUT2D eigenvalue weighted by Crippen LogP contribution is -2.41. The SMILES string of the molecule is CCC(CC)N(CCBr)C(=O)c1ccc(I)cc1. The van der Waals surface area contributed by atoms with Gasteiger partial charge in [0.25, 0.3) is 5.91 Å². The number of halogens is 2. The highest BCUT2D eigenvalue weighted by Gasteiger charge is 2.21. The fraction of sp³-hybridized carbons (Fsp3) is 0.500. The van der Waals surface area contributed by atoms with Crippen molar-refractivity contribution in [1.29, 1.82) is 0 Å². The number of rotatable bonds is 6. The van der Waals surface area contributed by atoms with Crippen LogP contribution in [0.2, 0.25) is 0 Å². The van der Waals surface area contributed by atoms with Crippen LogP contribution in [0.5, 0.6) is 0 Å². The Morgan fingerprint density at radius 1 is 1.28 bits per heavy atom. The first-order valence-electron chi connectivity index (χ1n) is 6.26. The van der Waals surface area contributed by atoms with Crippen LogP contribution in [0.1, 0.15) is 37.0 Å². The van der Waals surface area contributed by atoms with Crippen LogP contribution in [0.3, 0.4) is 0 Å². The molecular weight excluding hydrogens is 405 g/mol. The molecule has 0 saturated heterocycles. The Kier molecular flexibility index (Phi) is 7.22. The van der Waals surface area contributed by atoms with Crippen molar-refractivity contribution < 1.29 is 4.79 Å². The highest BCUT2D eigenvalue weighted by molar-refractivity contribution is 14.1. The quantitative estimate of drug-likeness (QED) is 0.493. The Morgan fingerprint density at radius 3 is 2.28 bits per heavy atom. The summed E-state index contributed by atoms with van der Waals surface area (Å²) in [5.41, 5.74) is 0.781. The summed E-state index contributed by atoms with van der Waals surface area (Å²) in [4.78, 5) is 14.5. The predicted molar refractivity (Wildman–Crippen MR) is 88.4 cm³/mol. The molecule has 0 heterocycles. The van der Waals surface area contributed by atoms with Crippen molar-refractivity contribution in [2.45, 2.75) is 32.7 Å². The van der Waals surface area contributed by atoms with Crippen molar-refractivity contribution in [2.24, 2.45) is 0 Å². The lowest BCUT2D eigenvalue weighted by molar-refractivity contribution is 0.0683. The van der Waals surface area contributed by atoms with Gasteiger partial charge in [-0.1, -0.05) is 29.8 Å². The topological polar surface area (TPSA) is 20.3 Å². The van der Waals surface area contributed by atoms with Crippen molar-refractivity contribution in [3.05, 3.63) is 33.4 Å². The summed E-state index contributed by atoms with van der Waals surface area (Å²) in [7, 11) is 0. The first-order valence-corrected chi connectivity index (χ1v) is 8.46. The van der Waals surface area contributed by atoms with Crippen LogP contribution in [0.4, 0.5) is 0 Å². The smallest absolute Gasteiger partial charge is 0.254 e. The number of benzene rings is 1. The second kappa shape index (κ2) is 8.15. The first kappa shape index (κ1) is 16.0. The zero-order chi connectivity index (χ0) is 13.5. The fourth-order valence-electron chi connectivity index (χ4n) is 2.03. The summed E-state index contributed by atoms with van der Waals surface area (Å²) in [5.74, 6) is 0.138. The van der Waals surface area contributed by atoms with Gasteiger partial charge in [-0.2, -0.15) is 0 Å². The molecule has 0 aromatic heterocycles. The van der Waals surface area contributed by atoms with Crippen molar-refractivity contribution in [3.63, 3.8) is 0 Å². The van der Waals surface area contributed by atoms with Gasteiger partial charge in [0.1, 0.15) is 0 Å². The number of amides is 1. The molecule has 18 heavy (non-hydrogen) atoms. The molecule has 0 bridgehead atoms. The number of nitrogens with zero attached hydrogens (tertiary/aromatic N) is 1. The van der Waals surface area contributed by atoms with E-state index >= 15 is 0 Å². The molecule has 0 saturated carbocycles. The van der Waals surface area contributed by atoms with E-state index in [0.717, 1.165) is 33.9 Å². The van der Waals surface area contributed by atoms with Gasteiger partial charge in [0.2, 0.25) is 0 Å². The van der Waals surface area contributed by atoms with Gasteiger partial charge in [-0.15, -0.1) is 0 Å². The predicted octanol–water partition coefficient (Wildman–Crippen LogP) is 4.32. The van der Waals surface area contributed by atoms with Crippen molar-refractivity contribution in [2.75, 3.05) is 11.9 Å². The largest absolute Gasteiger partial charge is 0.335 e. The molecule has 0 spiro atoms. The molecule has 1 amide bonds. The van der Waals surface area contributed by atoms with Gasteiger partial charge in [-0.25, -0.2) is 0 Å². The number of hydrogen-bond donors (Lipinski definition) is 0. The Balaban J connectivity index is 2.91. The molecule has 0 aliphatic rings. The molecule has 0 aliphatic heterocycles. The van der Waals surface area contributed by atoms with Gasteiger partial charge in [0.05, 0.1) is 0 Å². The Hall–Kier alpha value is -0.100. The maximum absolute atomic E-state index is 12.5. The third-order valence-corrected chi connectivity index (χ3v) is 4.13. The zero-order valence-corrected chi connectivity index (χ0v) is 14.6. The maximum atomic E-state index is 12.5. The molecule has 0 N–H and O–H groups in total. The first-order chi connectivity index (χ1) is 8.63. The van der Waals surface area contributed by atoms with Crippen LogP contribution in [0, 0.1) is 3.57 Å². The van der Waals surface area contributed by atoms with Crippen LogP contribution in [0.25, 0.3) is 0 Å². The summed E-state index contributed by atoms with van der Waals surface area (Å²) in [6.07, 6.45) is 2.00. The minimum absolute atomic E-state index is 0.138. The van der Waals surface area contributed by atoms with Gasteiger partial charge in [0.15, 0.2) is 0 Å². The van der Waals surface area contributed by atoms with E-state index in [1.807, 2.05) is 29.2 Å². The van der Waals surface area contributed by atoms with E-state index in [1.165, 1.54) is 0 Å². The Labute approximate surface area is 131 Å². The minimum atomic E-state index is 0.138. The molecule has 1 rings (SSSR count). The van der Waals surface area contributed by atoms with E-state index < -0.39 is 0 Å². The van der Waals surface area contributed by atoms with E-state index in [2.05, 4.69) is 52.4 Å². The van der Waals surface area contributed by atoms with Crippen molar-refractivity contribution in [3.8, 4) is 0 Å². The number of carbonyl (C=O) groups excluding carboxylic acids is 1. The van der Waals surface area contributed by atoms with E-state index in [-0.39, 0.29) is 5.91 Å². The van der Waals surface area contributed by atoms with Gasteiger partial charge in [-0.3, -0.25) is 4.79 Å². The van der Waals surface area contributed by atoms with Gasteiger partial charge in [-0.05, 0) is 59.7 Å². The summed E-state index contributed by atoms with van der Waals surface area (Å²) in [5, 5.41) is 0.819. The van der Waals surface area contributed by atoms with Gasteiger partial charge >= 0.3 is 0 Å². The molecule has 0 atom stereocenters. The van der Waals surface area contributed by atoms with E-state index in [0.29, 0.717) is 6.04 Å². The summed E-state index contributed by atoms with van der Waals surface area (Å²) in [6.45, 7) is 5.03. The number of alkyl halides is 1. The van der Waals surface area contributed by atoms with E-state index in [9.17, 15) is 4.79 Å². The van der Waals surface area contributed by atoms with Crippen LogP contribution in [0.15, 0.2) is 24.3 Å². The van der Waals surface area contributed by atoms with Crippen molar-refractivity contribution >= 4 is 44.4 Å². The number of carbonyl (C=O) groups is 1. The standard InChI is InChI=1S/C14H19BrINO/c1-3-13(4-2)17(10-9-15)14(18)11-5-7-12(16)8-6-11/h5-8,13H,3-4,9-10H2,1-2H3. The monoisotopic (exact) mass is 423 g/mol. The van der Waals surface area contributed by atoms with Crippen LogP contribution < -0.4 is 0 Å². The molecule has 0 radical (unpaired) electrons. The summed E-state index contributed by atoms with van der Waals surface area (Å²) >= 11 is 5.68. The molecule has 2 nitrogen and oxygen atoms in total. The molecular formula is C14H19BrINO. The van der Waals surface area contributed by atoms with Gasteiger partial charge in [0, 0.05) is 27.1 Å². The lowest BCUT2D eigenvalue weighted by atomic mass is 10.1. The lowest BCUT2D eigenvalue weighted by Gasteiger charge is -2.30. The minimum Gasteiger partial charge on any atom is -0.335 e. The molecule has 0 fully saturated rings. The summed E-state index contributed by atoms with van der Waals surface area (Å²) in [6, 6.07) is 8.11. The third kappa shape index (κ3) is 4.23. The molecule has 100 valence electrons. The van der Waals surface area contributed by atoms with Crippen LogP contribution >= 0.6 is 38.5 Å². The third-order valence-electron chi connectivity index (χ3n) is 3.06. The van der Waals surface area contributed by atoms with Crippen molar-refractivity contribution in [1.82, 2.24) is 4.90 Å². The van der Waals surface area contributed by atoms with E-state index in [1.54, 1.807) is 0 Å². The maximum Gasteiger partial charge on any atom is 0.254 e. The highest BCUT2D eigenvalue weighted by Crippen LogP contribution is 2.15. The molecule has 0 unspecified atom stereocenters. The average molecular weight is 424 g/mol. The molecule has 4 heteroatoms. The zero-order valence-electron chi connectivity index (χ0n) is 10.8. The average Bonchev–Trinajstić information content (AvgIpc) is 2.39. The molecule has 1 aromatic rings. The summed E-state index contributed by atoms with van der Waals surface area (Å²) < 4.78 is 1.15. The number of hydrogen-bond acceptors (Lipinski definition) is 1. The second-order valence-electron chi connectivity index (χ2n) is 4.16. The molecule has 1 aromatic carbocycles. The fourth-order valence-corrected chi connectivity index (χ4v) is 2.77. The van der Waals surface area contributed by atoms with E-state index in [4.69, 9.17) is 0 Å². The molecule has 0 aliphatic carbocycles. The second-order valence-corrected chi connectivity index (χ2v) is 6.20. The normalized spacial score (nSPS) is 10.7. The highest BCUT2D eigenvalue weighted by atomic mass is 127. The van der Waals surface area contributed by atoms with Crippen LogP contribution in [-0.2, 0) is 0 Å². The van der Waals surface area contributed by atoms with Crippen LogP contribution in [-0.4, -0.2) is 28.7 Å². The Morgan fingerprint density at radius 2 is 1.83 bits per heavy atom.